The maximum absolute atomic E-state index is 13.5. The quantitative estimate of drug-likeness (QED) is 0.623. The molecule has 0 spiro atoms. The van der Waals surface area contributed by atoms with Gasteiger partial charge in [-0.2, -0.15) is 18.4 Å². The van der Waals surface area contributed by atoms with E-state index in [1.54, 1.807) is 13.0 Å². The number of nitriles is 1. The molecule has 0 saturated heterocycles. The number of rotatable bonds is 5. The van der Waals surface area contributed by atoms with Gasteiger partial charge in [-0.05, 0) is 52.0 Å². The summed E-state index contributed by atoms with van der Waals surface area (Å²) < 4.78 is 45.5. The number of imidazole rings is 1. The lowest BCUT2D eigenvalue weighted by atomic mass is 10.1. The van der Waals surface area contributed by atoms with Crippen molar-refractivity contribution in [3.05, 3.63) is 41.3 Å². The third-order valence-electron chi connectivity index (χ3n) is 4.29. The van der Waals surface area contributed by atoms with Crippen molar-refractivity contribution in [2.45, 2.75) is 46.0 Å². The van der Waals surface area contributed by atoms with Gasteiger partial charge in [0.1, 0.15) is 23.2 Å². The molecule has 0 aliphatic heterocycles. The number of pyridine rings is 1. The second-order valence-corrected chi connectivity index (χ2v) is 7.79. The minimum atomic E-state index is -4.58. The molecule has 0 fully saturated rings. The first-order valence-corrected chi connectivity index (χ1v) is 9.41. The van der Waals surface area contributed by atoms with Gasteiger partial charge in [0, 0.05) is 11.1 Å². The molecular formula is C21H22F3N5O. The third kappa shape index (κ3) is 4.71. The fourth-order valence-electron chi connectivity index (χ4n) is 2.92. The molecule has 2 aromatic heterocycles. The van der Waals surface area contributed by atoms with E-state index in [2.05, 4.69) is 20.3 Å². The first-order valence-electron chi connectivity index (χ1n) is 9.41. The monoisotopic (exact) mass is 417 g/mol. The van der Waals surface area contributed by atoms with Crippen molar-refractivity contribution < 1.29 is 17.9 Å². The second-order valence-electron chi connectivity index (χ2n) is 7.79. The molecule has 0 radical (unpaired) electrons. The number of aromatic amines is 1. The predicted octanol–water partition coefficient (Wildman–Crippen LogP) is 4.80. The summed E-state index contributed by atoms with van der Waals surface area (Å²) in [4.78, 5) is 11.8. The van der Waals surface area contributed by atoms with E-state index in [-0.39, 0.29) is 34.8 Å². The van der Waals surface area contributed by atoms with Gasteiger partial charge in [-0.1, -0.05) is 0 Å². The molecule has 0 unspecified atom stereocenters. The van der Waals surface area contributed by atoms with Gasteiger partial charge in [-0.15, -0.1) is 0 Å². The van der Waals surface area contributed by atoms with E-state index in [1.807, 2.05) is 26.8 Å². The van der Waals surface area contributed by atoms with Crippen LogP contribution < -0.4 is 10.1 Å². The average Bonchev–Trinajstić information content (AvgIpc) is 3.08. The van der Waals surface area contributed by atoms with Crippen molar-refractivity contribution in [1.29, 1.82) is 5.26 Å². The summed E-state index contributed by atoms with van der Waals surface area (Å²) in [5.74, 6) is 0.366. The number of hydrogen-bond donors (Lipinski definition) is 2. The maximum atomic E-state index is 13.5. The van der Waals surface area contributed by atoms with Crippen molar-refractivity contribution in [1.82, 2.24) is 20.3 Å². The number of nitrogens with one attached hydrogen (secondary N) is 2. The summed E-state index contributed by atoms with van der Waals surface area (Å²) >= 11 is 0. The molecule has 3 aromatic rings. The molecule has 3 rings (SSSR count). The summed E-state index contributed by atoms with van der Waals surface area (Å²) in [6.07, 6.45) is -4.58. The zero-order chi connectivity index (χ0) is 22.1. The standard InChI is InChI=1S/C21H22F3N5O/c1-5-30-17-7-6-12(8-13(17)21(22,23)24)14-9-15-19(16(10-25)27-14)29-18(28-15)11-26-20(2,3)4/h6-9,26H,5,11H2,1-4H3,(H,28,29). The van der Waals surface area contributed by atoms with Crippen LogP contribution in [0.2, 0.25) is 0 Å². The molecule has 158 valence electrons. The van der Waals surface area contributed by atoms with Gasteiger partial charge in [-0.25, -0.2) is 9.97 Å². The Bertz CT molecular complexity index is 1110. The Morgan fingerprint density at radius 2 is 1.90 bits per heavy atom. The van der Waals surface area contributed by atoms with E-state index >= 15 is 0 Å². The normalized spacial score (nSPS) is 12.2. The highest BCUT2D eigenvalue weighted by atomic mass is 19.4. The highest BCUT2D eigenvalue weighted by Crippen LogP contribution is 2.39. The van der Waals surface area contributed by atoms with E-state index in [0.29, 0.717) is 23.4 Å². The zero-order valence-electron chi connectivity index (χ0n) is 17.1. The minimum absolute atomic E-state index is 0.0446. The Morgan fingerprint density at radius 3 is 2.50 bits per heavy atom. The van der Waals surface area contributed by atoms with E-state index < -0.39 is 11.7 Å². The molecule has 0 amide bonds. The zero-order valence-corrected chi connectivity index (χ0v) is 17.1. The van der Waals surface area contributed by atoms with Crippen LogP contribution in [0.1, 0.15) is 44.8 Å². The maximum Gasteiger partial charge on any atom is 0.419 e. The number of fused-ring (bicyclic) bond motifs is 1. The number of hydrogen-bond acceptors (Lipinski definition) is 5. The van der Waals surface area contributed by atoms with Crippen LogP contribution >= 0.6 is 0 Å². The molecule has 1 aromatic carbocycles. The van der Waals surface area contributed by atoms with Gasteiger partial charge in [0.25, 0.3) is 0 Å². The fraction of sp³-hybridized carbons (Fsp3) is 0.381. The highest BCUT2D eigenvalue weighted by molar-refractivity contribution is 5.84. The predicted molar refractivity (Wildman–Crippen MR) is 107 cm³/mol. The van der Waals surface area contributed by atoms with Crippen molar-refractivity contribution in [3.8, 4) is 23.1 Å². The lowest BCUT2D eigenvalue weighted by Crippen LogP contribution is -2.35. The number of H-pyrrole nitrogens is 1. The summed E-state index contributed by atoms with van der Waals surface area (Å²) in [6.45, 7) is 8.22. The molecule has 0 saturated carbocycles. The first-order chi connectivity index (χ1) is 14.0. The first kappa shape index (κ1) is 21.6. The number of aromatic nitrogens is 3. The highest BCUT2D eigenvalue weighted by Gasteiger charge is 2.35. The molecule has 2 heterocycles. The van der Waals surface area contributed by atoms with Crippen molar-refractivity contribution in [3.63, 3.8) is 0 Å². The average molecular weight is 417 g/mol. The number of nitrogens with zero attached hydrogens (tertiary/aromatic N) is 3. The SMILES string of the molecule is CCOc1ccc(-c2cc3[nH]c(CNC(C)(C)C)nc3c(C#N)n2)cc1C(F)(F)F. The summed E-state index contributed by atoms with van der Waals surface area (Å²) in [7, 11) is 0. The van der Waals surface area contributed by atoms with Gasteiger partial charge in [0.15, 0.2) is 5.69 Å². The number of ether oxygens (including phenoxy) is 1. The van der Waals surface area contributed by atoms with Crippen LogP contribution in [0.3, 0.4) is 0 Å². The van der Waals surface area contributed by atoms with Crippen LogP contribution in [0.15, 0.2) is 24.3 Å². The van der Waals surface area contributed by atoms with Crippen LogP contribution in [0.25, 0.3) is 22.3 Å². The Labute approximate surface area is 172 Å². The molecule has 6 nitrogen and oxygen atoms in total. The number of benzene rings is 1. The van der Waals surface area contributed by atoms with Crippen LogP contribution in [-0.2, 0) is 12.7 Å². The van der Waals surface area contributed by atoms with E-state index in [1.165, 1.54) is 12.1 Å². The largest absolute Gasteiger partial charge is 0.493 e. The van der Waals surface area contributed by atoms with Gasteiger partial charge in [0.05, 0.1) is 29.9 Å². The van der Waals surface area contributed by atoms with Gasteiger partial charge in [-0.3, -0.25) is 0 Å². The molecule has 0 atom stereocenters. The Hall–Kier alpha value is -3.12. The van der Waals surface area contributed by atoms with Crippen molar-refractivity contribution >= 4 is 11.0 Å². The Morgan fingerprint density at radius 1 is 1.17 bits per heavy atom. The van der Waals surface area contributed by atoms with E-state index in [9.17, 15) is 18.4 Å². The number of alkyl halides is 3. The molecule has 0 bridgehead atoms. The molecule has 0 aliphatic carbocycles. The van der Waals surface area contributed by atoms with E-state index in [4.69, 9.17) is 4.74 Å². The third-order valence-corrected chi connectivity index (χ3v) is 4.29. The van der Waals surface area contributed by atoms with Crippen molar-refractivity contribution in [2.75, 3.05) is 6.61 Å². The fourth-order valence-corrected chi connectivity index (χ4v) is 2.92. The smallest absolute Gasteiger partial charge is 0.419 e. The summed E-state index contributed by atoms with van der Waals surface area (Å²) in [5, 5.41) is 12.8. The number of halogens is 3. The molecular weight excluding hydrogens is 395 g/mol. The summed E-state index contributed by atoms with van der Waals surface area (Å²) in [6, 6.07) is 7.33. The van der Waals surface area contributed by atoms with Crippen LogP contribution in [0, 0.1) is 11.3 Å². The molecule has 0 aliphatic rings. The lowest BCUT2D eigenvalue weighted by molar-refractivity contribution is -0.138. The second kappa shape index (κ2) is 7.95. The lowest BCUT2D eigenvalue weighted by Gasteiger charge is -2.19. The molecule has 2 N–H and O–H groups in total. The van der Waals surface area contributed by atoms with Crippen LogP contribution in [-0.4, -0.2) is 27.1 Å². The van der Waals surface area contributed by atoms with Crippen LogP contribution in [0.4, 0.5) is 13.2 Å². The Balaban J connectivity index is 2.07. The topological polar surface area (TPSA) is 86.6 Å². The van der Waals surface area contributed by atoms with E-state index in [0.717, 1.165) is 6.07 Å². The van der Waals surface area contributed by atoms with Crippen LogP contribution in [0.5, 0.6) is 5.75 Å². The summed E-state index contributed by atoms with van der Waals surface area (Å²) in [5.41, 5.74) is 0.417. The van der Waals surface area contributed by atoms with Crippen molar-refractivity contribution in [2.24, 2.45) is 0 Å². The minimum Gasteiger partial charge on any atom is -0.493 e. The molecule has 9 heteroatoms. The van der Waals surface area contributed by atoms with Gasteiger partial charge < -0.3 is 15.0 Å². The Kier molecular flexibility index (Phi) is 5.72. The van der Waals surface area contributed by atoms with Gasteiger partial charge >= 0.3 is 6.18 Å². The van der Waals surface area contributed by atoms with Gasteiger partial charge in [0.2, 0.25) is 0 Å². The molecule has 30 heavy (non-hydrogen) atoms.